The van der Waals surface area contributed by atoms with Crippen LogP contribution in [0.3, 0.4) is 0 Å². The number of hydrogen-bond acceptors (Lipinski definition) is 3. The molecular weight excluding hydrogens is 278 g/mol. The molecule has 120 valence electrons. The first-order valence-corrected chi connectivity index (χ1v) is 7.41. The molecule has 0 saturated carbocycles. The number of rotatable bonds is 8. The summed E-state index contributed by atoms with van der Waals surface area (Å²) in [5.74, 6) is -0.432. The number of hydrogen-bond donors (Lipinski definition) is 2. The minimum Gasteiger partial charge on any atom is -0.346 e. The summed E-state index contributed by atoms with van der Waals surface area (Å²) in [6.45, 7) is 8.26. The minimum absolute atomic E-state index is 0.0312. The summed E-state index contributed by atoms with van der Waals surface area (Å²) in [6, 6.07) is 9.09. The largest absolute Gasteiger partial charge is 0.346 e. The molecule has 0 unspecified atom stereocenters. The van der Waals surface area contributed by atoms with Crippen LogP contribution in [0.5, 0.6) is 0 Å². The molecule has 3 N–H and O–H groups in total. The van der Waals surface area contributed by atoms with Crippen molar-refractivity contribution < 1.29 is 9.59 Å². The van der Waals surface area contributed by atoms with E-state index in [0.717, 1.165) is 5.56 Å². The van der Waals surface area contributed by atoms with E-state index in [0.29, 0.717) is 13.1 Å². The van der Waals surface area contributed by atoms with Gasteiger partial charge in [0.1, 0.15) is 0 Å². The lowest BCUT2D eigenvalue weighted by molar-refractivity contribution is -0.133. The van der Waals surface area contributed by atoms with Gasteiger partial charge in [-0.3, -0.25) is 9.59 Å². The highest BCUT2D eigenvalue weighted by molar-refractivity contribution is 5.87. The molecule has 5 heteroatoms. The number of benzene rings is 1. The Kier molecular flexibility index (Phi) is 7.32. The third kappa shape index (κ3) is 5.69. The topological polar surface area (TPSA) is 75.4 Å². The smallest absolute Gasteiger partial charge is 0.242 e. The molecule has 1 atom stereocenters. The van der Waals surface area contributed by atoms with Crippen molar-refractivity contribution in [3.63, 3.8) is 0 Å². The van der Waals surface area contributed by atoms with Crippen molar-refractivity contribution in [3.05, 3.63) is 48.6 Å². The quantitative estimate of drug-likeness (QED) is 0.711. The fraction of sp³-hybridized carbons (Fsp3) is 0.412. The molecule has 0 spiro atoms. The van der Waals surface area contributed by atoms with Gasteiger partial charge in [-0.25, -0.2) is 0 Å². The highest BCUT2D eigenvalue weighted by Crippen LogP contribution is 2.05. The Morgan fingerprint density at radius 1 is 1.32 bits per heavy atom. The van der Waals surface area contributed by atoms with Gasteiger partial charge in [0, 0.05) is 13.1 Å². The van der Waals surface area contributed by atoms with Crippen LogP contribution in [0.15, 0.2) is 43.0 Å². The van der Waals surface area contributed by atoms with Gasteiger partial charge in [-0.15, -0.1) is 6.58 Å². The van der Waals surface area contributed by atoms with Gasteiger partial charge in [-0.2, -0.15) is 0 Å². The summed E-state index contributed by atoms with van der Waals surface area (Å²) < 4.78 is 0. The van der Waals surface area contributed by atoms with E-state index in [4.69, 9.17) is 5.73 Å². The average Bonchev–Trinajstić information content (AvgIpc) is 2.52. The van der Waals surface area contributed by atoms with Crippen molar-refractivity contribution in [1.82, 2.24) is 10.2 Å². The zero-order chi connectivity index (χ0) is 16.5. The second-order valence-electron chi connectivity index (χ2n) is 5.54. The van der Waals surface area contributed by atoms with E-state index < -0.39 is 6.04 Å². The van der Waals surface area contributed by atoms with Crippen molar-refractivity contribution >= 4 is 11.8 Å². The summed E-state index contributed by atoms with van der Waals surface area (Å²) in [5.41, 5.74) is 6.78. The van der Waals surface area contributed by atoms with Crippen molar-refractivity contribution in [1.29, 1.82) is 0 Å². The van der Waals surface area contributed by atoms with Crippen LogP contribution >= 0.6 is 0 Å². The molecule has 1 aromatic carbocycles. The number of carbonyl (C=O) groups excluding carboxylic acids is 2. The van der Waals surface area contributed by atoms with Gasteiger partial charge < -0.3 is 16.0 Å². The Hall–Kier alpha value is -2.14. The molecule has 0 bridgehead atoms. The maximum absolute atomic E-state index is 12.3. The summed E-state index contributed by atoms with van der Waals surface area (Å²) in [5, 5.41) is 2.60. The number of amides is 2. The van der Waals surface area contributed by atoms with Crippen LogP contribution in [0.1, 0.15) is 19.4 Å². The third-order valence-electron chi connectivity index (χ3n) is 3.35. The van der Waals surface area contributed by atoms with E-state index in [1.165, 1.54) is 0 Å². The summed E-state index contributed by atoms with van der Waals surface area (Å²) in [7, 11) is 0. The normalized spacial score (nSPS) is 11.8. The lowest BCUT2D eigenvalue weighted by Gasteiger charge is -2.22. The molecule has 1 aromatic rings. The van der Waals surface area contributed by atoms with Gasteiger partial charge in [0.2, 0.25) is 11.8 Å². The maximum Gasteiger partial charge on any atom is 0.242 e. The van der Waals surface area contributed by atoms with Gasteiger partial charge >= 0.3 is 0 Å². The van der Waals surface area contributed by atoms with E-state index in [1.54, 1.807) is 11.0 Å². The van der Waals surface area contributed by atoms with Crippen molar-refractivity contribution in [2.24, 2.45) is 11.7 Å². The molecule has 0 saturated heterocycles. The number of nitrogens with zero attached hydrogens (tertiary/aromatic N) is 1. The second kappa shape index (κ2) is 9.00. The second-order valence-corrected chi connectivity index (χ2v) is 5.54. The highest BCUT2D eigenvalue weighted by atomic mass is 16.2. The van der Waals surface area contributed by atoms with Crippen LogP contribution in [0.4, 0.5) is 0 Å². The molecule has 0 aliphatic heterocycles. The fourth-order valence-corrected chi connectivity index (χ4v) is 1.91. The Labute approximate surface area is 132 Å². The molecule has 22 heavy (non-hydrogen) atoms. The average molecular weight is 303 g/mol. The number of nitrogens with two attached hydrogens (primary N) is 1. The number of carbonyl (C=O) groups is 2. The van der Waals surface area contributed by atoms with Gasteiger partial charge in [0.05, 0.1) is 12.6 Å². The molecule has 1 rings (SSSR count). The highest BCUT2D eigenvalue weighted by Gasteiger charge is 2.19. The first-order valence-electron chi connectivity index (χ1n) is 7.41. The SMILES string of the molecule is C=CCN(Cc1ccccc1)C(=O)CNC(=O)[C@@H](N)C(C)C. The van der Waals surface area contributed by atoms with Crippen molar-refractivity contribution in [2.45, 2.75) is 26.4 Å². The van der Waals surface area contributed by atoms with Gasteiger partial charge in [0.25, 0.3) is 0 Å². The third-order valence-corrected chi connectivity index (χ3v) is 3.35. The van der Waals surface area contributed by atoms with Gasteiger partial charge in [0.15, 0.2) is 0 Å². The molecule has 0 aliphatic carbocycles. The molecule has 2 amide bonds. The zero-order valence-corrected chi connectivity index (χ0v) is 13.3. The molecule has 0 fully saturated rings. The van der Waals surface area contributed by atoms with E-state index in [-0.39, 0.29) is 24.3 Å². The Balaban J connectivity index is 2.58. The molecule has 0 aromatic heterocycles. The summed E-state index contributed by atoms with van der Waals surface area (Å²) >= 11 is 0. The van der Waals surface area contributed by atoms with Crippen molar-refractivity contribution in [3.8, 4) is 0 Å². The fourth-order valence-electron chi connectivity index (χ4n) is 1.91. The van der Waals surface area contributed by atoms with Crippen LogP contribution in [0.2, 0.25) is 0 Å². The Bertz CT molecular complexity index is 500. The van der Waals surface area contributed by atoms with E-state index in [9.17, 15) is 9.59 Å². The summed E-state index contributed by atoms with van der Waals surface area (Å²) in [4.78, 5) is 25.7. The van der Waals surface area contributed by atoms with Gasteiger partial charge in [-0.05, 0) is 11.5 Å². The molecule has 0 radical (unpaired) electrons. The minimum atomic E-state index is -0.602. The predicted octanol–water partition coefficient (Wildman–Crippen LogP) is 1.30. The Morgan fingerprint density at radius 2 is 1.95 bits per heavy atom. The first kappa shape index (κ1) is 17.9. The Morgan fingerprint density at radius 3 is 2.50 bits per heavy atom. The van der Waals surface area contributed by atoms with E-state index >= 15 is 0 Å². The molecular formula is C17H25N3O2. The van der Waals surface area contributed by atoms with Crippen LogP contribution < -0.4 is 11.1 Å². The lowest BCUT2D eigenvalue weighted by Crippen LogP contribution is -2.47. The van der Waals surface area contributed by atoms with Crippen LogP contribution in [0, 0.1) is 5.92 Å². The van der Waals surface area contributed by atoms with Crippen LogP contribution in [0.25, 0.3) is 0 Å². The molecule has 0 aliphatic rings. The monoisotopic (exact) mass is 303 g/mol. The predicted molar refractivity (Wildman–Crippen MR) is 87.9 cm³/mol. The van der Waals surface area contributed by atoms with E-state index in [1.807, 2.05) is 44.2 Å². The lowest BCUT2D eigenvalue weighted by atomic mass is 10.1. The molecule has 0 heterocycles. The van der Waals surface area contributed by atoms with Crippen LogP contribution in [-0.2, 0) is 16.1 Å². The standard InChI is InChI=1S/C17H25N3O2/c1-4-10-20(12-14-8-6-5-7-9-14)15(21)11-19-17(22)16(18)13(2)3/h4-9,13,16H,1,10-12,18H2,2-3H3,(H,19,22)/t16-/m0/s1. The number of nitrogens with one attached hydrogen (secondary N) is 1. The zero-order valence-electron chi connectivity index (χ0n) is 13.3. The first-order chi connectivity index (χ1) is 10.5. The van der Waals surface area contributed by atoms with E-state index in [2.05, 4.69) is 11.9 Å². The summed E-state index contributed by atoms with van der Waals surface area (Å²) in [6.07, 6.45) is 1.67. The molecule has 5 nitrogen and oxygen atoms in total. The van der Waals surface area contributed by atoms with Gasteiger partial charge in [-0.1, -0.05) is 50.3 Å². The van der Waals surface area contributed by atoms with Crippen LogP contribution in [-0.4, -0.2) is 35.8 Å². The van der Waals surface area contributed by atoms with Crippen molar-refractivity contribution in [2.75, 3.05) is 13.1 Å². The maximum atomic E-state index is 12.3.